The number of pyridine rings is 1. The van der Waals surface area contributed by atoms with Crippen molar-refractivity contribution in [1.29, 1.82) is 0 Å². The summed E-state index contributed by atoms with van der Waals surface area (Å²) in [6, 6.07) is 8.55. The molecule has 1 radical (unpaired) electrons. The van der Waals surface area contributed by atoms with Gasteiger partial charge in [-0.3, -0.25) is 4.98 Å². The van der Waals surface area contributed by atoms with Crippen molar-refractivity contribution in [3.8, 4) is 17.2 Å². The van der Waals surface area contributed by atoms with Crippen LogP contribution in [0.5, 0.6) is 17.2 Å². The van der Waals surface area contributed by atoms with Crippen LogP contribution < -0.4 is 15.2 Å². The highest BCUT2D eigenvalue weighted by Gasteiger charge is 2.05. The molecule has 1 aromatic heterocycles. The Morgan fingerprint density at radius 2 is 2.06 bits per heavy atom. The fourth-order valence-corrected chi connectivity index (χ4v) is 1.29. The molecule has 0 fully saturated rings. The molecule has 0 aliphatic carbocycles. The Morgan fingerprint density at radius 3 is 2.75 bits per heavy atom. The second-order valence-electron chi connectivity index (χ2n) is 3.16. The van der Waals surface area contributed by atoms with Crippen molar-refractivity contribution in [1.82, 2.24) is 10.7 Å². The van der Waals surface area contributed by atoms with Gasteiger partial charge in [0.25, 0.3) is 0 Å². The Balaban J connectivity index is 2.28. The van der Waals surface area contributed by atoms with Crippen LogP contribution in [-0.2, 0) is 0 Å². The zero-order valence-corrected chi connectivity index (χ0v) is 8.81. The van der Waals surface area contributed by atoms with E-state index in [0.29, 0.717) is 22.9 Å². The van der Waals surface area contributed by atoms with Gasteiger partial charge in [-0.25, -0.2) is 0 Å². The summed E-state index contributed by atoms with van der Waals surface area (Å²) >= 11 is 0. The zero-order valence-electron chi connectivity index (χ0n) is 8.81. The van der Waals surface area contributed by atoms with Crippen molar-refractivity contribution >= 4 is 5.69 Å². The first-order chi connectivity index (χ1) is 7.79. The number of aromatic nitrogens is 1. The number of nitrogens with one attached hydrogen (secondary N) is 1. The van der Waals surface area contributed by atoms with E-state index in [9.17, 15) is 0 Å². The lowest BCUT2D eigenvalue weighted by molar-refractivity contribution is 0.378. The maximum Gasteiger partial charge on any atom is 0.169 e. The van der Waals surface area contributed by atoms with Crippen LogP contribution in [0, 0.1) is 0 Å². The first kappa shape index (κ1) is 10.3. The Kier molecular flexibility index (Phi) is 2.91. The maximum absolute atomic E-state index is 7.47. The van der Waals surface area contributed by atoms with Crippen LogP contribution in [0.3, 0.4) is 0 Å². The lowest BCUT2D eigenvalue weighted by Gasteiger charge is -2.09. The van der Waals surface area contributed by atoms with Crippen molar-refractivity contribution in [3.05, 3.63) is 42.7 Å². The van der Waals surface area contributed by atoms with Crippen LogP contribution >= 0.6 is 0 Å². The molecule has 4 heteroatoms. The van der Waals surface area contributed by atoms with Crippen LogP contribution in [-0.4, -0.2) is 12.1 Å². The van der Waals surface area contributed by atoms with E-state index in [0.717, 1.165) is 0 Å². The summed E-state index contributed by atoms with van der Waals surface area (Å²) in [7, 11) is 1.55. The van der Waals surface area contributed by atoms with Gasteiger partial charge in [0.2, 0.25) is 0 Å². The molecule has 0 saturated heterocycles. The average Bonchev–Trinajstić information content (AvgIpc) is 2.33. The molecule has 2 aromatic rings. The minimum atomic E-state index is 0.385. The van der Waals surface area contributed by atoms with Gasteiger partial charge in [0.1, 0.15) is 5.75 Å². The van der Waals surface area contributed by atoms with Crippen LogP contribution in [0.25, 0.3) is 0 Å². The van der Waals surface area contributed by atoms with E-state index in [1.807, 2.05) is 0 Å². The van der Waals surface area contributed by atoms with Gasteiger partial charge in [0.05, 0.1) is 19.0 Å². The number of rotatable bonds is 3. The molecular formula is C12H11N2O2. The van der Waals surface area contributed by atoms with Gasteiger partial charge in [-0.1, -0.05) is 0 Å². The van der Waals surface area contributed by atoms with Gasteiger partial charge in [-0.2, -0.15) is 0 Å². The summed E-state index contributed by atoms with van der Waals surface area (Å²) in [5, 5.41) is 0. The minimum absolute atomic E-state index is 0.385. The monoisotopic (exact) mass is 215 g/mol. The molecule has 0 aliphatic heterocycles. The number of benzene rings is 1. The maximum atomic E-state index is 7.47. The summed E-state index contributed by atoms with van der Waals surface area (Å²) in [6.07, 6.45) is 3.30. The lowest BCUT2D eigenvalue weighted by atomic mass is 10.3. The highest BCUT2D eigenvalue weighted by Crippen LogP contribution is 2.32. The fourth-order valence-electron chi connectivity index (χ4n) is 1.29. The van der Waals surface area contributed by atoms with Gasteiger partial charge in [-0.15, -0.1) is 0 Å². The quantitative estimate of drug-likeness (QED) is 0.791. The van der Waals surface area contributed by atoms with E-state index in [2.05, 4.69) is 4.98 Å². The summed E-state index contributed by atoms with van der Waals surface area (Å²) < 4.78 is 10.7. The standard InChI is InChI=1S/C12H11N2O2/c1-15-12-7-9(13)4-5-11(12)16-10-3-2-6-14-8-10/h2-8,13H,1H3. The first-order valence-corrected chi connectivity index (χ1v) is 4.77. The Morgan fingerprint density at radius 1 is 1.19 bits per heavy atom. The molecule has 81 valence electrons. The van der Waals surface area contributed by atoms with Gasteiger partial charge < -0.3 is 15.2 Å². The minimum Gasteiger partial charge on any atom is -0.493 e. The molecule has 2 rings (SSSR count). The highest BCUT2D eigenvalue weighted by atomic mass is 16.5. The molecular weight excluding hydrogens is 204 g/mol. The normalized spacial score (nSPS) is 9.81. The molecule has 4 nitrogen and oxygen atoms in total. The van der Waals surface area contributed by atoms with E-state index < -0.39 is 0 Å². The lowest BCUT2D eigenvalue weighted by Crippen LogP contribution is -1.90. The molecule has 1 N–H and O–H groups in total. The van der Waals surface area contributed by atoms with Crippen LogP contribution in [0.15, 0.2) is 42.7 Å². The molecule has 0 unspecified atom stereocenters. The number of hydrogen-bond donors (Lipinski definition) is 0. The van der Waals surface area contributed by atoms with Crippen molar-refractivity contribution in [2.24, 2.45) is 0 Å². The topological polar surface area (TPSA) is 55.2 Å². The molecule has 1 heterocycles. The number of nitrogens with zero attached hydrogens (tertiary/aromatic N) is 1. The number of ether oxygens (including phenoxy) is 2. The molecule has 0 saturated carbocycles. The summed E-state index contributed by atoms with van der Waals surface area (Å²) in [5.74, 6) is 1.75. The Hall–Kier alpha value is -2.23. The summed E-state index contributed by atoms with van der Waals surface area (Å²) in [4.78, 5) is 3.95. The second-order valence-corrected chi connectivity index (χ2v) is 3.16. The predicted octanol–water partition coefficient (Wildman–Crippen LogP) is 2.80. The van der Waals surface area contributed by atoms with Gasteiger partial charge in [-0.05, 0) is 24.3 Å². The second kappa shape index (κ2) is 4.53. The molecule has 0 bridgehead atoms. The molecule has 16 heavy (non-hydrogen) atoms. The van der Waals surface area contributed by atoms with Crippen molar-refractivity contribution in [2.45, 2.75) is 0 Å². The van der Waals surface area contributed by atoms with Crippen molar-refractivity contribution in [2.75, 3.05) is 7.11 Å². The number of hydrogen-bond acceptors (Lipinski definition) is 3. The molecule has 0 spiro atoms. The third-order valence-corrected chi connectivity index (χ3v) is 2.03. The predicted molar refractivity (Wildman–Crippen MR) is 60.1 cm³/mol. The van der Waals surface area contributed by atoms with E-state index in [1.54, 1.807) is 49.8 Å². The zero-order chi connectivity index (χ0) is 11.4. The molecule has 0 amide bonds. The smallest absolute Gasteiger partial charge is 0.169 e. The Bertz CT molecular complexity index is 472. The van der Waals surface area contributed by atoms with E-state index in [4.69, 9.17) is 15.2 Å². The van der Waals surface area contributed by atoms with Gasteiger partial charge in [0, 0.05) is 12.3 Å². The SMILES string of the molecule is COc1cc([NH])ccc1Oc1cccnc1. The summed E-state index contributed by atoms with van der Waals surface area (Å²) in [6.45, 7) is 0. The summed E-state index contributed by atoms with van der Waals surface area (Å²) in [5.41, 5.74) is 7.85. The van der Waals surface area contributed by atoms with Gasteiger partial charge >= 0.3 is 0 Å². The van der Waals surface area contributed by atoms with Gasteiger partial charge in [0.15, 0.2) is 11.5 Å². The average molecular weight is 215 g/mol. The van der Waals surface area contributed by atoms with E-state index in [1.165, 1.54) is 0 Å². The van der Waals surface area contributed by atoms with Crippen molar-refractivity contribution < 1.29 is 9.47 Å². The Labute approximate surface area is 93.6 Å². The third-order valence-electron chi connectivity index (χ3n) is 2.03. The molecule has 1 aromatic carbocycles. The molecule has 0 aliphatic rings. The highest BCUT2D eigenvalue weighted by molar-refractivity contribution is 5.51. The number of methoxy groups -OCH3 is 1. The largest absolute Gasteiger partial charge is 0.493 e. The third kappa shape index (κ3) is 2.23. The van der Waals surface area contributed by atoms with Crippen molar-refractivity contribution in [3.63, 3.8) is 0 Å². The first-order valence-electron chi connectivity index (χ1n) is 4.77. The van der Waals surface area contributed by atoms with Crippen LogP contribution in [0.2, 0.25) is 0 Å². The van der Waals surface area contributed by atoms with Crippen LogP contribution in [0.4, 0.5) is 5.69 Å². The van der Waals surface area contributed by atoms with E-state index >= 15 is 0 Å². The molecule has 0 atom stereocenters. The fraction of sp³-hybridized carbons (Fsp3) is 0.0833. The van der Waals surface area contributed by atoms with Crippen LogP contribution in [0.1, 0.15) is 0 Å². The van der Waals surface area contributed by atoms with E-state index in [-0.39, 0.29) is 0 Å².